The van der Waals surface area contributed by atoms with Gasteiger partial charge < -0.3 is 30.1 Å². The van der Waals surface area contributed by atoms with E-state index in [1.807, 2.05) is 6.92 Å². The molecule has 0 saturated carbocycles. The van der Waals surface area contributed by atoms with Gasteiger partial charge >= 0.3 is 17.7 Å². The van der Waals surface area contributed by atoms with Gasteiger partial charge in [-0.25, -0.2) is 9.59 Å². The summed E-state index contributed by atoms with van der Waals surface area (Å²) in [6.45, 7) is 2.32. The van der Waals surface area contributed by atoms with Gasteiger partial charge in [0.2, 0.25) is 0 Å². The molecule has 160 valence electrons. The summed E-state index contributed by atoms with van der Waals surface area (Å²) >= 11 is 5.96. The van der Waals surface area contributed by atoms with Crippen LogP contribution in [-0.2, 0) is 16.0 Å². The Morgan fingerprint density at radius 3 is 2.43 bits per heavy atom. The Bertz CT molecular complexity index is 935. The maximum absolute atomic E-state index is 11.4. The average Bonchev–Trinajstić information content (AvgIpc) is 3.11. The molecule has 9 heteroatoms. The van der Waals surface area contributed by atoms with Crippen LogP contribution in [-0.4, -0.2) is 45.6 Å². The summed E-state index contributed by atoms with van der Waals surface area (Å²) in [5, 5.41) is 32.7. The summed E-state index contributed by atoms with van der Waals surface area (Å²) in [6, 6.07) is 11.8. The largest absolute Gasteiger partial charge is 0.475 e. The Balaban J connectivity index is 1.65. The monoisotopic (exact) mass is 435 g/mol. The number of aliphatic carboxylic acids is 2. The van der Waals surface area contributed by atoms with Gasteiger partial charge in [-0.05, 0) is 48.2 Å². The zero-order chi connectivity index (χ0) is 21.9. The zero-order valence-corrected chi connectivity index (χ0v) is 16.9. The number of fused-ring (bicyclic) bond motifs is 1. The highest BCUT2D eigenvalue weighted by atomic mass is 35.5. The van der Waals surface area contributed by atoms with Crippen molar-refractivity contribution in [3.05, 3.63) is 58.6 Å². The predicted octanol–water partition coefficient (Wildman–Crippen LogP) is 2.62. The lowest BCUT2D eigenvalue weighted by Crippen LogP contribution is -2.54. The van der Waals surface area contributed by atoms with Gasteiger partial charge in [0.25, 0.3) is 0 Å². The van der Waals surface area contributed by atoms with Crippen molar-refractivity contribution in [1.82, 2.24) is 5.32 Å². The predicted molar refractivity (Wildman–Crippen MR) is 108 cm³/mol. The van der Waals surface area contributed by atoms with Crippen LogP contribution in [0.4, 0.5) is 0 Å². The van der Waals surface area contributed by atoms with E-state index in [0.29, 0.717) is 23.6 Å². The number of ether oxygens (including phenoxy) is 2. The van der Waals surface area contributed by atoms with E-state index in [-0.39, 0.29) is 17.5 Å². The normalized spacial score (nSPS) is 16.1. The Labute approximate surface area is 178 Å². The second-order valence-electron chi connectivity index (χ2n) is 7.00. The third-order valence-corrected chi connectivity index (χ3v) is 5.12. The third kappa shape index (κ3) is 4.51. The summed E-state index contributed by atoms with van der Waals surface area (Å²) < 4.78 is 10.2. The maximum atomic E-state index is 11.4. The number of carbonyl (C=O) groups is 2. The Kier molecular flexibility index (Phi) is 6.50. The van der Waals surface area contributed by atoms with Crippen molar-refractivity contribution in [2.45, 2.75) is 37.7 Å². The minimum Gasteiger partial charge on any atom is -0.475 e. The van der Waals surface area contributed by atoms with Crippen molar-refractivity contribution in [2.75, 3.05) is 6.54 Å². The van der Waals surface area contributed by atoms with Crippen molar-refractivity contribution in [3.8, 4) is 11.5 Å². The fourth-order valence-corrected chi connectivity index (χ4v) is 3.39. The second kappa shape index (κ2) is 8.91. The van der Waals surface area contributed by atoms with Gasteiger partial charge in [0, 0.05) is 17.6 Å². The van der Waals surface area contributed by atoms with E-state index < -0.39 is 23.8 Å². The number of aliphatic hydroxyl groups is 1. The topological polar surface area (TPSA) is 125 Å². The first-order chi connectivity index (χ1) is 14.2. The molecule has 0 amide bonds. The van der Waals surface area contributed by atoms with Crippen LogP contribution in [0.5, 0.6) is 11.5 Å². The van der Waals surface area contributed by atoms with Crippen molar-refractivity contribution in [3.63, 3.8) is 0 Å². The number of benzene rings is 2. The first-order valence-electron chi connectivity index (χ1n) is 9.39. The summed E-state index contributed by atoms with van der Waals surface area (Å²) in [5.74, 6) is -6.14. The lowest BCUT2D eigenvalue weighted by Gasteiger charge is -2.20. The molecule has 3 rings (SSSR count). The van der Waals surface area contributed by atoms with E-state index in [0.717, 1.165) is 12.0 Å². The molecule has 2 aromatic rings. The summed E-state index contributed by atoms with van der Waals surface area (Å²) in [4.78, 5) is 22.7. The molecule has 2 atom stereocenters. The molecule has 0 fully saturated rings. The van der Waals surface area contributed by atoms with Crippen LogP contribution < -0.4 is 14.8 Å². The molecule has 30 heavy (non-hydrogen) atoms. The summed E-state index contributed by atoms with van der Waals surface area (Å²) in [7, 11) is 0. The Morgan fingerprint density at radius 2 is 1.80 bits per heavy atom. The fraction of sp³-hybridized carbons (Fsp3) is 0.333. The second-order valence-corrected chi connectivity index (χ2v) is 7.44. The highest BCUT2D eigenvalue weighted by Gasteiger charge is 2.57. The molecule has 0 saturated heterocycles. The molecule has 2 aromatic carbocycles. The van der Waals surface area contributed by atoms with Crippen LogP contribution in [0.15, 0.2) is 42.5 Å². The average molecular weight is 436 g/mol. The zero-order valence-electron chi connectivity index (χ0n) is 16.2. The quantitative estimate of drug-likeness (QED) is 0.443. The molecular weight excluding hydrogens is 414 g/mol. The van der Waals surface area contributed by atoms with E-state index >= 15 is 0 Å². The van der Waals surface area contributed by atoms with Crippen molar-refractivity contribution >= 4 is 23.5 Å². The van der Waals surface area contributed by atoms with Gasteiger partial charge in [0.15, 0.2) is 11.5 Å². The van der Waals surface area contributed by atoms with Gasteiger partial charge in [0.05, 0.1) is 6.10 Å². The van der Waals surface area contributed by atoms with E-state index in [9.17, 15) is 24.9 Å². The molecule has 0 radical (unpaired) electrons. The summed E-state index contributed by atoms with van der Waals surface area (Å²) in [5.41, 5.74) is 1.52. The lowest BCUT2D eigenvalue weighted by molar-refractivity contribution is -0.194. The van der Waals surface area contributed by atoms with Crippen LogP contribution in [0.25, 0.3) is 0 Å². The highest BCUT2D eigenvalue weighted by molar-refractivity contribution is 6.30. The van der Waals surface area contributed by atoms with E-state index in [4.69, 9.17) is 21.1 Å². The number of rotatable bonds is 9. The molecule has 0 aliphatic carbocycles. The van der Waals surface area contributed by atoms with E-state index in [1.165, 1.54) is 6.07 Å². The molecule has 1 heterocycles. The smallest absolute Gasteiger partial charge is 0.453 e. The van der Waals surface area contributed by atoms with Crippen LogP contribution in [0, 0.1) is 0 Å². The minimum atomic E-state index is -2.77. The lowest BCUT2D eigenvalue weighted by atomic mass is 10.0. The number of nitrogens with one attached hydrogen (secondary N) is 1. The molecule has 4 N–H and O–H groups in total. The molecule has 1 aliphatic rings. The van der Waals surface area contributed by atoms with E-state index in [2.05, 4.69) is 5.32 Å². The van der Waals surface area contributed by atoms with Gasteiger partial charge in [-0.3, -0.25) is 0 Å². The SMILES string of the molecule is CCC(Cc1ccc2c(c1)OC(C(=O)O)(C(=O)O)O2)NCC(O)c1cccc(Cl)c1. The minimum absolute atomic E-state index is 0.0166. The van der Waals surface area contributed by atoms with Crippen LogP contribution in [0.3, 0.4) is 0 Å². The van der Waals surface area contributed by atoms with Gasteiger partial charge in [-0.1, -0.05) is 36.7 Å². The summed E-state index contributed by atoms with van der Waals surface area (Å²) in [6.07, 6.45) is 0.606. The van der Waals surface area contributed by atoms with Crippen LogP contribution in [0.1, 0.15) is 30.6 Å². The molecule has 1 aliphatic heterocycles. The van der Waals surface area contributed by atoms with Gasteiger partial charge in [-0.15, -0.1) is 0 Å². The number of carboxylic acids is 2. The van der Waals surface area contributed by atoms with Crippen LogP contribution in [0.2, 0.25) is 5.02 Å². The Hall–Kier alpha value is -2.81. The number of hydrogen-bond acceptors (Lipinski definition) is 6. The molecule has 0 aromatic heterocycles. The number of hydrogen-bond donors (Lipinski definition) is 4. The molecule has 2 unspecified atom stereocenters. The van der Waals surface area contributed by atoms with Crippen molar-refractivity contribution in [2.24, 2.45) is 0 Å². The molecule has 0 spiro atoms. The van der Waals surface area contributed by atoms with Crippen molar-refractivity contribution in [1.29, 1.82) is 0 Å². The number of carboxylic acid groups (broad SMARTS) is 2. The fourth-order valence-electron chi connectivity index (χ4n) is 3.20. The van der Waals surface area contributed by atoms with Gasteiger partial charge in [-0.2, -0.15) is 0 Å². The third-order valence-electron chi connectivity index (χ3n) is 4.89. The van der Waals surface area contributed by atoms with Gasteiger partial charge in [0.1, 0.15) is 0 Å². The first kappa shape index (κ1) is 21.9. The highest BCUT2D eigenvalue weighted by Crippen LogP contribution is 2.40. The standard InChI is InChI=1S/C21H22ClNO7/c1-2-15(23-11-16(24)13-4-3-5-14(22)10-13)8-12-6-7-17-18(9-12)30-21(29-17,19(25)26)20(27)28/h3-7,9-10,15-16,23-24H,2,8,11H2,1H3,(H,25,26)(H,27,28). The number of aliphatic hydroxyl groups excluding tert-OH is 1. The van der Waals surface area contributed by atoms with E-state index in [1.54, 1.807) is 36.4 Å². The molecule has 8 nitrogen and oxygen atoms in total. The van der Waals surface area contributed by atoms with Crippen molar-refractivity contribution < 1.29 is 34.4 Å². The molecular formula is C21H22ClNO7. The van der Waals surface area contributed by atoms with Crippen LogP contribution >= 0.6 is 11.6 Å². The first-order valence-corrected chi connectivity index (χ1v) is 9.77. The Morgan fingerprint density at radius 1 is 1.10 bits per heavy atom. The number of halogens is 1. The molecule has 0 bridgehead atoms. The maximum Gasteiger partial charge on any atom is 0.453 e.